The van der Waals surface area contributed by atoms with Crippen molar-refractivity contribution < 1.29 is 14.3 Å². The third-order valence-corrected chi connectivity index (χ3v) is 2.53. The van der Waals surface area contributed by atoms with Gasteiger partial charge in [0.2, 0.25) is 0 Å². The molecule has 0 radical (unpaired) electrons. The van der Waals surface area contributed by atoms with Crippen molar-refractivity contribution in [3.63, 3.8) is 0 Å². The summed E-state index contributed by atoms with van der Waals surface area (Å²) in [6, 6.07) is 5.21. The van der Waals surface area contributed by atoms with Gasteiger partial charge in [-0.3, -0.25) is 0 Å². The number of hydrogen-bond donors (Lipinski definition) is 0. The van der Waals surface area contributed by atoms with E-state index in [1.54, 1.807) is 31.2 Å². The second kappa shape index (κ2) is 5.23. The average molecular weight is 266 g/mol. The SMILES string of the molecule is CCOc1ccc(Cl)cc1/C=C1/N=C(C)OC1=O. The molecule has 0 aromatic heterocycles. The first-order chi connectivity index (χ1) is 8.60. The summed E-state index contributed by atoms with van der Waals surface area (Å²) >= 11 is 5.93. The molecule has 94 valence electrons. The van der Waals surface area contributed by atoms with E-state index in [-0.39, 0.29) is 5.70 Å². The van der Waals surface area contributed by atoms with E-state index in [1.807, 2.05) is 6.92 Å². The maximum Gasteiger partial charge on any atom is 0.363 e. The van der Waals surface area contributed by atoms with E-state index in [1.165, 1.54) is 0 Å². The molecule has 2 rings (SSSR count). The maximum absolute atomic E-state index is 11.5. The number of carbonyl (C=O) groups excluding carboxylic acids is 1. The van der Waals surface area contributed by atoms with E-state index < -0.39 is 5.97 Å². The smallest absolute Gasteiger partial charge is 0.363 e. The van der Waals surface area contributed by atoms with Crippen LogP contribution < -0.4 is 4.74 Å². The lowest BCUT2D eigenvalue weighted by atomic mass is 10.1. The van der Waals surface area contributed by atoms with Gasteiger partial charge >= 0.3 is 5.97 Å². The first-order valence-corrected chi connectivity index (χ1v) is 5.89. The van der Waals surface area contributed by atoms with Gasteiger partial charge in [0.05, 0.1) is 6.61 Å². The molecule has 1 aromatic carbocycles. The van der Waals surface area contributed by atoms with Crippen LogP contribution >= 0.6 is 11.6 Å². The molecule has 0 fully saturated rings. The number of rotatable bonds is 3. The molecule has 0 amide bonds. The molecule has 0 unspecified atom stereocenters. The van der Waals surface area contributed by atoms with Crippen molar-refractivity contribution >= 4 is 29.5 Å². The van der Waals surface area contributed by atoms with Crippen molar-refractivity contribution in [2.45, 2.75) is 13.8 Å². The van der Waals surface area contributed by atoms with E-state index in [4.69, 9.17) is 21.1 Å². The predicted octanol–water partition coefficient (Wildman–Crippen LogP) is 3.05. The zero-order valence-corrected chi connectivity index (χ0v) is 10.8. The van der Waals surface area contributed by atoms with Gasteiger partial charge in [-0.25, -0.2) is 9.79 Å². The van der Waals surface area contributed by atoms with Gasteiger partial charge in [0.25, 0.3) is 0 Å². The molecular weight excluding hydrogens is 254 g/mol. The highest BCUT2D eigenvalue weighted by Crippen LogP contribution is 2.26. The van der Waals surface area contributed by atoms with Gasteiger partial charge in [-0.2, -0.15) is 0 Å². The van der Waals surface area contributed by atoms with Gasteiger partial charge in [0.1, 0.15) is 5.75 Å². The van der Waals surface area contributed by atoms with Gasteiger partial charge in [0, 0.05) is 17.5 Å². The fraction of sp³-hybridized carbons (Fsp3) is 0.231. The van der Waals surface area contributed by atoms with Gasteiger partial charge < -0.3 is 9.47 Å². The van der Waals surface area contributed by atoms with E-state index in [0.717, 1.165) is 0 Å². The zero-order chi connectivity index (χ0) is 13.1. The van der Waals surface area contributed by atoms with Gasteiger partial charge in [-0.15, -0.1) is 0 Å². The number of benzene rings is 1. The first-order valence-electron chi connectivity index (χ1n) is 5.51. The number of nitrogens with zero attached hydrogens (tertiary/aromatic N) is 1. The summed E-state index contributed by atoms with van der Waals surface area (Å²) < 4.78 is 10.3. The van der Waals surface area contributed by atoms with Crippen LogP contribution in [-0.2, 0) is 9.53 Å². The van der Waals surface area contributed by atoms with E-state index in [9.17, 15) is 4.79 Å². The lowest BCUT2D eigenvalue weighted by Gasteiger charge is -2.07. The van der Waals surface area contributed by atoms with Crippen molar-refractivity contribution in [2.24, 2.45) is 4.99 Å². The highest BCUT2D eigenvalue weighted by Gasteiger charge is 2.20. The topological polar surface area (TPSA) is 47.9 Å². The molecule has 4 nitrogen and oxygen atoms in total. The Kier molecular flexibility index (Phi) is 3.67. The largest absolute Gasteiger partial charge is 0.493 e. The van der Waals surface area contributed by atoms with Crippen LogP contribution in [0.1, 0.15) is 19.4 Å². The summed E-state index contributed by atoms with van der Waals surface area (Å²) in [4.78, 5) is 15.5. The van der Waals surface area contributed by atoms with Crippen molar-refractivity contribution in [2.75, 3.05) is 6.61 Å². The van der Waals surface area contributed by atoms with Crippen molar-refractivity contribution in [1.29, 1.82) is 0 Å². The number of halogens is 1. The molecule has 1 heterocycles. The van der Waals surface area contributed by atoms with E-state index in [2.05, 4.69) is 4.99 Å². The maximum atomic E-state index is 11.5. The molecule has 1 aromatic rings. The van der Waals surface area contributed by atoms with Crippen LogP contribution in [0.25, 0.3) is 6.08 Å². The van der Waals surface area contributed by atoms with Crippen molar-refractivity contribution in [1.82, 2.24) is 0 Å². The van der Waals surface area contributed by atoms with Gasteiger partial charge in [-0.05, 0) is 31.2 Å². The van der Waals surface area contributed by atoms with E-state index in [0.29, 0.717) is 28.8 Å². The number of aliphatic imine (C=N–C) groups is 1. The Morgan fingerprint density at radius 1 is 1.50 bits per heavy atom. The van der Waals surface area contributed by atoms with Gasteiger partial charge in [0.15, 0.2) is 11.6 Å². The van der Waals surface area contributed by atoms with Crippen LogP contribution in [0, 0.1) is 0 Å². The molecular formula is C13H12ClNO3. The Labute approximate surface area is 110 Å². The van der Waals surface area contributed by atoms with Crippen LogP contribution in [0.15, 0.2) is 28.9 Å². The number of ether oxygens (including phenoxy) is 2. The highest BCUT2D eigenvalue weighted by molar-refractivity contribution is 6.30. The third-order valence-electron chi connectivity index (χ3n) is 2.29. The normalized spacial score (nSPS) is 16.7. The van der Waals surface area contributed by atoms with Crippen LogP contribution in [0.4, 0.5) is 0 Å². The molecule has 0 saturated heterocycles. The fourth-order valence-corrected chi connectivity index (χ4v) is 1.76. The molecule has 0 atom stereocenters. The molecule has 5 heteroatoms. The fourth-order valence-electron chi connectivity index (χ4n) is 1.58. The Morgan fingerprint density at radius 2 is 2.28 bits per heavy atom. The molecule has 0 aliphatic carbocycles. The van der Waals surface area contributed by atoms with Gasteiger partial charge in [-0.1, -0.05) is 11.6 Å². The zero-order valence-electron chi connectivity index (χ0n) is 10.1. The number of carbonyl (C=O) groups is 1. The minimum atomic E-state index is -0.463. The minimum Gasteiger partial charge on any atom is -0.493 e. The summed E-state index contributed by atoms with van der Waals surface area (Å²) in [5.74, 6) is 0.531. The highest BCUT2D eigenvalue weighted by atomic mass is 35.5. The Balaban J connectivity index is 2.41. The molecule has 1 aliphatic heterocycles. The van der Waals surface area contributed by atoms with Crippen LogP contribution in [0.3, 0.4) is 0 Å². The second-order valence-electron chi connectivity index (χ2n) is 3.67. The Hall–Kier alpha value is -1.81. The number of cyclic esters (lactones) is 1. The molecule has 18 heavy (non-hydrogen) atoms. The molecule has 0 bridgehead atoms. The second-order valence-corrected chi connectivity index (χ2v) is 4.10. The summed E-state index contributed by atoms with van der Waals surface area (Å²) in [5.41, 5.74) is 0.950. The lowest BCUT2D eigenvalue weighted by Crippen LogP contribution is -2.00. The van der Waals surface area contributed by atoms with Crippen LogP contribution in [-0.4, -0.2) is 18.5 Å². The monoisotopic (exact) mass is 265 g/mol. The van der Waals surface area contributed by atoms with Crippen LogP contribution in [0.5, 0.6) is 5.75 Å². The Bertz CT molecular complexity index is 549. The lowest BCUT2D eigenvalue weighted by molar-refractivity contribution is -0.130. The third kappa shape index (κ3) is 2.71. The first kappa shape index (κ1) is 12.6. The molecule has 0 saturated carbocycles. The number of esters is 1. The molecule has 1 aliphatic rings. The van der Waals surface area contributed by atoms with Crippen LogP contribution in [0.2, 0.25) is 5.02 Å². The van der Waals surface area contributed by atoms with Crippen molar-refractivity contribution in [3.8, 4) is 5.75 Å². The molecule has 0 N–H and O–H groups in total. The van der Waals surface area contributed by atoms with Crippen molar-refractivity contribution in [3.05, 3.63) is 34.5 Å². The molecule has 0 spiro atoms. The number of hydrogen-bond acceptors (Lipinski definition) is 4. The Morgan fingerprint density at radius 3 is 2.89 bits per heavy atom. The average Bonchev–Trinajstić information content (AvgIpc) is 2.61. The minimum absolute atomic E-state index is 0.246. The van der Waals surface area contributed by atoms with E-state index >= 15 is 0 Å². The quantitative estimate of drug-likeness (QED) is 0.623. The predicted molar refractivity (Wildman–Crippen MR) is 69.8 cm³/mol. The summed E-state index contributed by atoms with van der Waals surface area (Å²) in [5, 5.41) is 0.567. The summed E-state index contributed by atoms with van der Waals surface area (Å²) in [6.45, 7) is 4.04. The standard InChI is InChI=1S/C13H12ClNO3/c1-3-17-12-5-4-10(14)6-9(12)7-11-13(16)18-8(2)15-11/h4-7H,3H2,1-2H3/b11-7+. The summed E-state index contributed by atoms with van der Waals surface area (Å²) in [7, 11) is 0. The summed E-state index contributed by atoms with van der Waals surface area (Å²) in [6.07, 6.45) is 1.61.